The Morgan fingerprint density at radius 3 is 2.42 bits per heavy atom. The zero-order valence-electron chi connectivity index (χ0n) is 12.1. The van der Waals surface area contributed by atoms with E-state index in [1.165, 1.54) is 0 Å². The summed E-state index contributed by atoms with van der Waals surface area (Å²) in [6, 6.07) is 10.00. The molecule has 0 unspecified atom stereocenters. The molecule has 0 N–H and O–H groups in total. The van der Waals surface area contributed by atoms with Crippen molar-refractivity contribution in [3.63, 3.8) is 0 Å². The van der Waals surface area contributed by atoms with Gasteiger partial charge in [0.15, 0.2) is 0 Å². The smallest absolute Gasteiger partial charge is 0.137 e. The van der Waals surface area contributed by atoms with E-state index in [2.05, 4.69) is 32.6 Å². The number of hydrogen-bond acceptors (Lipinski definition) is 1. The van der Waals surface area contributed by atoms with Crippen LogP contribution >= 0.6 is 0 Å². The molecule has 1 aromatic rings. The Morgan fingerprint density at radius 2 is 1.89 bits per heavy atom. The first-order valence-electron chi connectivity index (χ1n) is 7.05. The summed E-state index contributed by atoms with van der Waals surface area (Å²) in [5, 5.41) is 0. The van der Waals surface area contributed by atoms with E-state index < -0.39 is 0 Å². The van der Waals surface area contributed by atoms with Gasteiger partial charge in [-0.3, -0.25) is 4.79 Å². The Hall–Kier alpha value is -1.55. The summed E-state index contributed by atoms with van der Waals surface area (Å²) in [6.45, 7) is 6.36. The molecule has 0 heterocycles. The van der Waals surface area contributed by atoms with Gasteiger partial charge < -0.3 is 0 Å². The lowest BCUT2D eigenvalue weighted by Gasteiger charge is -2.33. The van der Waals surface area contributed by atoms with E-state index >= 15 is 0 Å². The standard InChI is InChI=1S/C18H22O/c1-18(2,3)13-17(19)16-12-11-15(16)10-9-14-7-5-4-6-8-14/h4-8,15-16H,11-13H2,1-3H3/t15-,16-/m0/s1. The van der Waals surface area contributed by atoms with E-state index in [1.807, 2.05) is 30.3 Å². The van der Waals surface area contributed by atoms with Gasteiger partial charge in [-0.1, -0.05) is 50.8 Å². The molecule has 2 atom stereocenters. The third-order valence-corrected chi connectivity index (χ3v) is 3.57. The highest BCUT2D eigenvalue weighted by Gasteiger charge is 2.36. The first kappa shape index (κ1) is 13.9. The lowest BCUT2D eigenvalue weighted by atomic mass is 9.69. The number of benzene rings is 1. The molecular formula is C18H22O. The maximum Gasteiger partial charge on any atom is 0.137 e. The minimum atomic E-state index is 0.0874. The van der Waals surface area contributed by atoms with Crippen molar-refractivity contribution in [1.29, 1.82) is 0 Å². The van der Waals surface area contributed by atoms with Crippen LogP contribution in [0.5, 0.6) is 0 Å². The Morgan fingerprint density at radius 1 is 1.21 bits per heavy atom. The summed E-state index contributed by atoms with van der Waals surface area (Å²) >= 11 is 0. The molecule has 1 heteroatoms. The summed E-state index contributed by atoms with van der Waals surface area (Å²) < 4.78 is 0. The van der Waals surface area contributed by atoms with E-state index in [9.17, 15) is 4.79 Å². The van der Waals surface area contributed by atoms with Crippen LogP contribution in [-0.2, 0) is 4.79 Å². The van der Waals surface area contributed by atoms with Crippen LogP contribution in [0.2, 0.25) is 0 Å². The molecule has 1 saturated carbocycles. The third kappa shape index (κ3) is 3.96. The van der Waals surface area contributed by atoms with Crippen molar-refractivity contribution in [2.75, 3.05) is 0 Å². The maximum absolute atomic E-state index is 12.2. The Labute approximate surface area is 116 Å². The topological polar surface area (TPSA) is 17.1 Å². The second-order valence-electron chi connectivity index (χ2n) is 6.63. The number of carbonyl (C=O) groups excluding carboxylic acids is 1. The van der Waals surface area contributed by atoms with Crippen molar-refractivity contribution in [2.45, 2.75) is 40.0 Å². The summed E-state index contributed by atoms with van der Waals surface area (Å²) in [4.78, 5) is 12.2. The van der Waals surface area contributed by atoms with Crippen molar-refractivity contribution >= 4 is 5.78 Å². The Balaban J connectivity index is 1.97. The molecule has 0 bridgehead atoms. The van der Waals surface area contributed by atoms with E-state index in [4.69, 9.17) is 0 Å². The molecule has 1 aliphatic carbocycles. The van der Waals surface area contributed by atoms with Crippen molar-refractivity contribution < 1.29 is 4.79 Å². The number of hydrogen-bond donors (Lipinski definition) is 0. The molecule has 0 amide bonds. The lowest BCUT2D eigenvalue weighted by molar-refractivity contribution is -0.128. The van der Waals surface area contributed by atoms with Gasteiger partial charge in [-0.15, -0.1) is 0 Å². The van der Waals surface area contributed by atoms with Gasteiger partial charge in [-0.25, -0.2) is 0 Å². The van der Waals surface area contributed by atoms with E-state index in [1.54, 1.807) is 0 Å². The normalized spacial score (nSPS) is 22.1. The highest BCUT2D eigenvalue weighted by molar-refractivity contribution is 5.83. The third-order valence-electron chi connectivity index (χ3n) is 3.57. The van der Waals surface area contributed by atoms with Gasteiger partial charge in [0.1, 0.15) is 5.78 Å². The van der Waals surface area contributed by atoms with Gasteiger partial charge in [0.25, 0.3) is 0 Å². The predicted molar refractivity (Wildman–Crippen MR) is 78.6 cm³/mol. The van der Waals surface area contributed by atoms with Crippen LogP contribution < -0.4 is 0 Å². The fraction of sp³-hybridized carbons (Fsp3) is 0.500. The van der Waals surface area contributed by atoms with Crippen molar-refractivity contribution in [3.05, 3.63) is 35.9 Å². The van der Waals surface area contributed by atoms with Crippen LogP contribution in [-0.4, -0.2) is 5.78 Å². The molecule has 0 saturated heterocycles. The lowest BCUT2D eigenvalue weighted by Crippen LogP contribution is -2.34. The molecule has 0 radical (unpaired) electrons. The molecule has 1 aromatic carbocycles. The monoisotopic (exact) mass is 254 g/mol. The zero-order chi connectivity index (χ0) is 13.9. The zero-order valence-corrected chi connectivity index (χ0v) is 12.1. The Kier molecular flexibility index (Phi) is 4.10. The summed E-state index contributed by atoms with van der Waals surface area (Å²) in [5.41, 5.74) is 1.13. The molecule has 1 aliphatic rings. The predicted octanol–water partition coefficient (Wildman–Crippen LogP) is 4.07. The van der Waals surface area contributed by atoms with Crippen molar-refractivity contribution in [2.24, 2.45) is 17.3 Å². The van der Waals surface area contributed by atoms with Crippen LogP contribution in [0.15, 0.2) is 30.3 Å². The molecule has 0 aliphatic heterocycles. The molecule has 0 aromatic heterocycles. The molecule has 1 nitrogen and oxygen atoms in total. The van der Waals surface area contributed by atoms with Gasteiger partial charge in [0, 0.05) is 23.8 Å². The van der Waals surface area contributed by atoms with Crippen molar-refractivity contribution in [3.8, 4) is 11.8 Å². The molecule has 19 heavy (non-hydrogen) atoms. The highest BCUT2D eigenvalue weighted by atomic mass is 16.1. The largest absolute Gasteiger partial charge is 0.299 e. The first-order valence-corrected chi connectivity index (χ1v) is 7.05. The van der Waals surface area contributed by atoms with E-state index in [-0.39, 0.29) is 17.3 Å². The summed E-state index contributed by atoms with van der Waals surface area (Å²) in [5.74, 6) is 7.32. The maximum atomic E-state index is 12.2. The minimum absolute atomic E-state index is 0.0874. The minimum Gasteiger partial charge on any atom is -0.299 e. The van der Waals surface area contributed by atoms with Crippen LogP contribution in [0.4, 0.5) is 0 Å². The van der Waals surface area contributed by atoms with Gasteiger partial charge in [-0.2, -0.15) is 0 Å². The SMILES string of the molecule is CC(C)(C)CC(=O)[C@H]1CC[C@@H]1C#Cc1ccccc1. The first-order chi connectivity index (χ1) is 8.96. The fourth-order valence-corrected chi connectivity index (χ4v) is 2.41. The molecule has 0 spiro atoms. The highest BCUT2D eigenvalue weighted by Crippen LogP contribution is 2.37. The molecule has 100 valence electrons. The van der Waals surface area contributed by atoms with Gasteiger partial charge >= 0.3 is 0 Å². The van der Waals surface area contributed by atoms with Crippen LogP contribution in [0.25, 0.3) is 0 Å². The second-order valence-corrected chi connectivity index (χ2v) is 6.63. The summed E-state index contributed by atoms with van der Waals surface area (Å²) in [7, 11) is 0. The van der Waals surface area contributed by atoms with Crippen LogP contribution in [0.3, 0.4) is 0 Å². The van der Waals surface area contributed by atoms with Gasteiger partial charge in [0.05, 0.1) is 0 Å². The fourth-order valence-electron chi connectivity index (χ4n) is 2.41. The quantitative estimate of drug-likeness (QED) is 0.727. The van der Waals surface area contributed by atoms with E-state index in [0.717, 1.165) is 18.4 Å². The number of rotatable bonds is 2. The average molecular weight is 254 g/mol. The number of carbonyl (C=O) groups is 1. The van der Waals surface area contributed by atoms with Gasteiger partial charge in [-0.05, 0) is 30.4 Å². The molecule has 1 fully saturated rings. The number of Topliss-reactive ketones (excluding diaryl/α,β-unsaturated/α-hetero) is 1. The summed E-state index contributed by atoms with van der Waals surface area (Å²) in [6.07, 6.45) is 2.75. The Bertz CT molecular complexity index is 496. The average Bonchev–Trinajstić information content (AvgIpc) is 2.26. The number of ketones is 1. The molecular weight excluding hydrogens is 232 g/mol. The molecule has 2 rings (SSSR count). The van der Waals surface area contributed by atoms with Gasteiger partial charge in [0.2, 0.25) is 0 Å². The van der Waals surface area contributed by atoms with E-state index in [0.29, 0.717) is 12.2 Å². The second kappa shape index (κ2) is 5.61. The van der Waals surface area contributed by atoms with Crippen molar-refractivity contribution in [1.82, 2.24) is 0 Å². The van der Waals surface area contributed by atoms with Crippen LogP contribution in [0.1, 0.15) is 45.6 Å². The van der Waals surface area contributed by atoms with Crippen LogP contribution in [0, 0.1) is 29.1 Å².